The Balaban J connectivity index is 2.01. The first-order chi connectivity index (χ1) is 15.0. The second kappa shape index (κ2) is 12.9. The van der Waals surface area contributed by atoms with Crippen molar-refractivity contribution in [2.24, 2.45) is 0 Å². The van der Waals surface area contributed by atoms with E-state index in [-0.39, 0.29) is 18.4 Å². The van der Waals surface area contributed by atoms with Crippen LogP contribution in [0.2, 0.25) is 0 Å². The number of hydrogen-bond donors (Lipinski definition) is 1. The van der Waals surface area contributed by atoms with Gasteiger partial charge in [-0.05, 0) is 37.0 Å². The minimum atomic E-state index is -0.116. The van der Waals surface area contributed by atoms with Crippen LogP contribution in [0.15, 0.2) is 42.5 Å². The lowest BCUT2D eigenvalue weighted by Crippen LogP contribution is -2.28. The van der Waals surface area contributed by atoms with Crippen molar-refractivity contribution in [1.82, 2.24) is 10.4 Å². The predicted molar refractivity (Wildman–Crippen MR) is 123 cm³/mol. The Morgan fingerprint density at radius 3 is 2.52 bits per heavy atom. The highest BCUT2D eigenvalue weighted by Crippen LogP contribution is 2.30. The third kappa shape index (κ3) is 7.85. The van der Waals surface area contributed by atoms with E-state index in [1.165, 1.54) is 5.06 Å². The highest BCUT2D eigenvalue weighted by molar-refractivity contribution is 7.09. The molecular weight excluding hydrogens is 415 g/mol. The molecule has 2 aromatic rings. The number of benzene rings is 2. The molecule has 8 heteroatoms. The summed E-state index contributed by atoms with van der Waals surface area (Å²) in [6.07, 6.45) is 2.01. The first-order valence-corrected chi connectivity index (χ1v) is 10.7. The van der Waals surface area contributed by atoms with Crippen LogP contribution in [-0.4, -0.2) is 37.6 Å². The molecule has 0 aromatic heterocycles. The van der Waals surface area contributed by atoms with Gasteiger partial charge in [0.2, 0.25) is 11.8 Å². The summed E-state index contributed by atoms with van der Waals surface area (Å²) < 4.78 is 16.6. The number of methoxy groups -OCH3 is 1. The number of ether oxygens (including phenoxy) is 2. The zero-order valence-electron chi connectivity index (χ0n) is 18.3. The number of nitrogens with one attached hydrogen (secondary N) is 1. The monoisotopic (exact) mass is 446 g/mol. The topological polar surface area (TPSA) is 77.1 Å². The summed E-state index contributed by atoms with van der Waals surface area (Å²) in [5.41, 5.74) is 2.87. The maximum atomic E-state index is 12.7. The molecule has 168 valence electrons. The molecule has 0 bridgehead atoms. The van der Waals surface area contributed by atoms with Crippen molar-refractivity contribution in [2.45, 2.75) is 39.2 Å². The number of hydroxylamine groups is 2. The van der Waals surface area contributed by atoms with Gasteiger partial charge in [0, 0.05) is 41.0 Å². The van der Waals surface area contributed by atoms with Gasteiger partial charge < -0.3 is 14.8 Å². The molecule has 0 saturated heterocycles. The molecule has 0 aliphatic carbocycles. The van der Waals surface area contributed by atoms with E-state index in [0.29, 0.717) is 43.8 Å². The van der Waals surface area contributed by atoms with E-state index in [4.69, 9.17) is 14.1 Å². The highest BCUT2D eigenvalue weighted by atomic mass is 31.0. The average Bonchev–Trinajstić information content (AvgIpc) is 2.79. The molecule has 1 N–H and O–H groups in total. The van der Waals surface area contributed by atoms with Gasteiger partial charge in [-0.15, -0.1) is 0 Å². The van der Waals surface area contributed by atoms with Crippen molar-refractivity contribution >= 4 is 21.3 Å². The third-order valence-corrected chi connectivity index (χ3v) is 5.15. The molecule has 2 aromatic carbocycles. The van der Waals surface area contributed by atoms with E-state index >= 15 is 0 Å². The van der Waals surface area contributed by atoms with Crippen LogP contribution < -0.4 is 14.8 Å². The first-order valence-electron chi connectivity index (χ1n) is 10.2. The van der Waals surface area contributed by atoms with Gasteiger partial charge in [-0.3, -0.25) is 14.2 Å². The van der Waals surface area contributed by atoms with Crippen molar-refractivity contribution < 1.29 is 23.7 Å². The first kappa shape index (κ1) is 24.6. The Bertz CT molecular complexity index is 861. The fraction of sp³-hybridized carbons (Fsp3) is 0.391. The molecule has 0 saturated carbocycles. The number of carbonyl (C=O) groups excluding carboxylic acids is 2. The van der Waals surface area contributed by atoms with E-state index in [1.807, 2.05) is 43.3 Å². The quantitative estimate of drug-likeness (QED) is 0.306. The zero-order valence-corrected chi connectivity index (χ0v) is 19.5. The fourth-order valence-electron chi connectivity index (χ4n) is 3.12. The molecule has 31 heavy (non-hydrogen) atoms. The maximum Gasteiger partial charge on any atom is 0.247 e. The van der Waals surface area contributed by atoms with E-state index in [2.05, 4.69) is 14.8 Å². The molecule has 2 amide bonds. The smallest absolute Gasteiger partial charge is 0.247 e. The minimum Gasteiger partial charge on any atom is -0.496 e. The summed E-state index contributed by atoms with van der Waals surface area (Å²) in [5.74, 6) is 1.14. The fourth-order valence-corrected chi connectivity index (χ4v) is 3.31. The van der Waals surface area contributed by atoms with Crippen molar-refractivity contribution in [3.63, 3.8) is 0 Å². The van der Waals surface area contributed by atoms with Crippen molar-refractivity contribution in [3.8, 4) is 11.5 Å². The predicted octanol–water partition coefficient (Wildman–Crippen LogP) is 3.59. The molecule has 0 radical (unpaired) electrons. The van der Waals surface area contributed by atoms with Gasteiger partial charge in [0.25, 0.3) is 0 Å². The minimum absolute atomic E-state index is 0.0119. The number of carbonyl (C=O) groups is 2. The van der Waals surface area contributed by atoms with Crippen molar-refractivity contribution in [2.75, 3.05) is 20.8 Å². The Morgan fingerprint density at radius 2 is 1.87 bits per heavy atom. The SMILES string of the molecule is CNC(=O)CCCOc1cc(C)c(CN(OP)C(=O)CCc2ccccc2)c(OC)c1. The second-order valence-electron chi connectivity index (χ2n) is 7.07. The Kier molecular flexibility index (Phi) is 10.3. The third-order valence-electron chi connectivity index (χ3n) is 4.90. The van der Waals surface area contributed by atoms with Crippen LogP contribution >= 0.6 is 9.47 Å². The zero-order chi connectivity index (χ0) is 22.6. The number of rotatable bonds is 12. The molecule has 0 spiro atoms. The number of amides is 2. The molecule has 7 nitrogen and oxygen atoms in total. The van der Waals surface area contributed by atoms with Crippen LogP contribution in [0.3, 0.4) is 0 Å². The van der Waals surface area contributed by atoms with Gasteiger partial charge in [-0.1, -0.05) is 30.3 Å². The summed E-state index contributed by atoms with van der Waals surface area (Å²) in [6, 6.07) is 13.6. The molecule has 2 rings (SSSR count). The van der Waals surface area contributed by atoms with E-state index < -0.39 is 0 Å². The van der Waals surface area contributed by atoms with Gasteiger partial charge in [-0.25, -0.2) is 5.06 Å². The van der Waals surface area contributed by atoms with Crippen LogP contribution in [0.25, 0.3) is 0 Å². The molecular formula is C23H31N2O5P. The lowest BCUT2D eigenvalue weighted by atomic mass is 10.1. The van der Waals surface area contributed by atoms with E-state index in [1.54, 1.807) is 20.2 Å². The normalized spacial score (nSPS) is 10.5. The average molecular weight is 446 g/mol. The Hall–Kier alpha value is -2.63. The molecule has 1 unspecified atom stereocenters. The maximum absolute atomic E-state index is 12.7. The van der Waals surface area contributed by atoms with Crippen LogP contribution in [0.5, 0.6) is 11.5 Å². The van der Waals surface area contributed by atoms with Gasteiger partial charge in [0.15, 0.2) is 0 Å². The molecule has 0 aliphatic heterocycles. The van der Waals surface area contributed by atoms with Crippen molar-refractivity contribution in [3.05, 3.63) is 59.2 Å². The Labute approximate surface area is 186 Å². The van der Waals surface area contributed by atoms with Gasteiger partial charge in [-0.2, -0.15) is 0 Å². The molecule has 1 atom stereocenters. The number of aryl methyl sites for hydroxylation is 2. The van der Waals surface area contributed by atoms with Crippen molar-refractivity contribution in [1.29, 1.82) is 0 Å². The summed E-state index contributed by atoms with van der Waals surface area (Å²) >= 11 is 0. The second-order valence-corrected chi connectivity index (χ2v) is 7.28. The van der Waals surface area contributed by atoms with Gasteiger partial charge in [0.1, 0.15) is 11.5 Å². The number of hydrogen-bond acceptors (Lipinski definition) is 5. The summed E-state index contributed by atoms with van der Waals surface area (Å²) in [6.45, 7) is 2.61. The lowest BCUT2D eigenvalue weighted by Gasteiger charge is -2.22. The molecule has 0 heterocycles. The van der Waals surface area contributed by atoms with E-state index in [0.717, 1.165) is 16.7 Å². The molecule has 0 aliphatic rings. The van der Waals surface area contributed by atoms with Crippen LogP contribution in [-0.2, 0) is 27.2 Å². The van der Waals surface area contributed by atoms with Gasteiger partial charge in [0.05, 0.1) is 20.3 Å². The molecule has 0 fully saturated rings. The largest absolute Gasteiger partial charge is 0.496 e. The standard InChI is InChI=1S/C23H31N2O5P/c1-17-14-19(29-13-7-10-22(26)24-2)15-21(28-3)20(17)16-25(30-31)23(27)12-11-18-8-5-4-6-9-18/h4-6,8-9,14-15H,7,10-13,16,31H2,1-3H3,(H,24,26). The Morgan fingerprint density at radius 1 is 1.13 bits per heavy atom. The van der Waals surface area contributed by atoms with Crippen LogP contribution in [0.1, 0.15) is 36.0 Å². The summed E-state index contributed by atoms with van der Waals surface area (Å²) in [4.78, 5) is 24.0. The highest BCUT2D eigenvalue weighted by Gasteiger charge is 2.19. The summed E-state index contributed by atoms with van der Waals surface area (Å²) in [7, 11) is 5.34. The number of nitrogens with zero attached hydrogens (tertiary/aromatic N) is 1. The lowest BCUT2D eigenvalue weighted by molar-refractivity contribution is -0.156. The van der Waals surface area contributed by atoms with E-state index in [9.17, 15) is 9.59 Å². The van der Waals surface area contributed by atoms with Crippen LogP contribution in [0.4, 0.5) is 0 Å². The van der Waals surface area contributed by atoms with Gasteiger partial charge >= 0.3 is 0 Å². The summed E-state index contributed by atoms with van der Waals surface area (Å²) in [5, 5.41) is 3.91. The van der Waals surface area contributed by atoms with Crippen LogP contribution in [0, 0.1) is 6.92 Å².